The predicted molar refractivity (Wildman–Crippen MR) is 124 cm³/mol. The number of anilines is 1. The van der Waals surface area contributed by atoms with E-state index in [1.54, 1.807) is 41.4 Å². The Kier molecular flexibility index (Phi) is 2.79. The molecular formula is C25H22N6. The van der Waals surface area contributed by atoms with Crippen molar-refractivity contribution in [1.82, 2.24) is 24.9 Å². The largest absolute Gasteiger partial charge is 0.369 e. The molecule has 0 atom stereocenters. The van der Waals surface area contributed by atoms with Crippen molar-refractivity contribution in [1.29, 1.82) is 0 Å². The molecule has 0 unspecified atom stereocenters. The number of para-hydroxylation sites is 1. The van der Waals surface area contributed by atoms with E-state index in [4.69, 9.17) is 11.0 Å². The molecule has 152 valence electrons. The number of rotatable bonds is 3. The minimum absolute atomic E-state index is 0.0111. The fourth-order valence-corrected chi connectivity index (χ4v) is 3.70. The van der Waals surface area contributed by atoms with Gasteiger partial charge in [-0.25, -0.2) is 9.50 Å². The first-order valence-corrected chi connectivity index (χ1v) is 9.71. The van der Waals surface area contributed by atoms with Gasteiger partial charge in [-0.3, -0.25) is 4.98 Å². The highest BCUT2D eigenvalue weighted by molar-refractivity contribution is 5.97. The maximum Gasteiger partial charge on any atom is 0.162 e. The molecule has 6 heteroatoms. The molecule has 0 aliphatic carbocycles. The van der Waals surface area contributed by atoms with Gasteiger partial charge in [0, 0.05) is 72.3 Å². The third-order valence-electron chi connectivity index (χ3n) is 5.21. The minimum Gasteiger partial charge on any atom is -0.369 e. The van der Waals surface area contributed by atoms with Gasteiger partial charge in [0.05, 0.1) is 17.2 Å². The van der Waals surface area contributed by atoms with Crippen molar-refractivity contribution < 1.29 is 11.0 Å². The zero-order valence-electron chi connectivity index (χ0n) is 24.2. The van der Waals surface area contributed by atoms with Crippen LogP contribution in [-0.4, -0.2) is 45.6 Å². The number of hydrogen-bond donors (Lipinski definition) is 1. The van der Waals surface area contributed by atoms with Crippen LogP contribution in [0.5, 0.6) is 0 Å². The van der Waals surface area contributed by atoms with Crippen LogP contribution in [0.2, 0.25) is 0 Å². The van der Waals surface area contributed by atoms with Crippen molar-refractivity contribution in [3.8, 4) is 22.3 Å². The van der Waals surface area contributed by atoms with E-state index < -0.39 is 26.0 Å². The van der Waals surface area contributed by atoms with Gasteiger partial charge in [-0.2, -0.15) is 5.10 Å². The van der Waals surface area contributed by atoms with Crippen LogP contribution in [-0.2, 0) is 0 Å². The number of nitrogens with zero attached hydrogens (tertiary/aromatic N) is 5. The third-order valence-corrected chi connectivity index (χ3v) is 5.21. The van der Waals surface area contributed by atoms with Crippen molar-refractivity contribution in [3.05, 3.63) is 79.4 Å². The summed E-state index contributed by atoms with van der Waals surface area (Å²) in [6, 6.07) is 15.9. The fourth-order valence-electron chi connectivity index (χ4n) is 3.70. The van der Waals surface area contributed by atoms with Crippen LogP contribution in [0.25, 0.3) is 38.8 Å². The standard InChI is InChI=1S/C25H22N6/c1-2-4-24-22(3-1)21(9-10-27-24)23-16-29-31-17-19(15-28-25(23)31)18-5-7-20(8-6-18)30-13-11-26-12-14-30/h1-10,15-17,26H,11-14H2/i11D2,12D2,13D2,14D2. The van der Waals surface area contributed by atoms with Gasteiger partial charge in [-0.1, -0.05) is 30.3 Å². The summed E-state index contributed by atoms with van der Waals surface area (Å²) >= 11 is 0. The van der Waals surface area contributed by atoms with E-state index >= 15 is 0 Å². The molecule has 6 rings (SSSR count). The molecule has 0 radical (unpaired) electrons. The zero-order chi connectivity index (χ0) is 27.8. The summed E-state index contributed by atoms with van der Waals surface area (Å²) in [5.74, 6) is 0. The summed E-state index contributed by atoms with van der Waals surface area (Å²) < 4.78 is 67.0. The summed E-state index contributed by atoms with van der Waals surface area (Å²) in [6.07, 6.45) is 6.97. The van der Waals surface area contributed by atoms with E-state index in [0.717, 1.165) is 22.0 Å². The quantitative estimate of drug-likeness (QED) is 0.483. The topological polar surface area (TPSA) is 58.3 Å². The molecule has 1 fully saturated rings. The monoisotopic (exact) mass is 414 g/mol. The second-order valence-electron chi connectivity index (χ2n) is 7.03. The van der Waals surface area contributed by atoms with Gasteiger partial charge in [-0.15, -0.1) is 0 Å². The van der Waals surface area contributed by atoms with E-state index in [0.29, 0.717) is 21.7 Å². The maximum atomic E-state index is 8.31. The molecule has 31 heavy (non-hydrogen) atoms. The highest BCUT2D eigenvalue weighted by Crippen LogP contribution is 2.31. The average Bonchev–Trinajstić information content (AvgIpc) is 3.30. The van der Waals surface area contributed by atoms with Gasteiger partial charge in [-0.05, 0) is 35.4 Å². The summed E-state index contributed by atoms with van der Waals surface area (Å²) in [4.78, 5) is 9.57. The highest BCUT2D eigenvalue weighted by atomic mass is 15.2. The molecular weight excluding hydrogens is 384 g/mol. The van der Waals surface area contributed by atoms with Crippen LogP contribution in [0, 0.1) is 0 Å². The molecule has 0 amide bonds. The SMILES string of the molecule is [2H]C1([2H])NC([2H])([2H])C([2H])([2H])N(c2ccc(-c3cnc4c(-c5ccnc6ccccc56)cnn4c3)cc2)C1([2H])[2H]. The Morgan fingerprint density at radius 2 is 1.68 bits per heavy atom. The lowest BCUT2D eigenvalue weighted by Gasteiger charge is -2.29. The van der Waals surface area contributed by atoms with Crippen molar-refractivity contribution in [2.45, 2.75) is 0 Å². The molecule has 6 nitrogen and oxygen atoms in total. The third kappa shape index (κ3) is 3.21. The summed E-state index contributed by atoms with van der Waals surface area (Å²) in [7, 11) is 0. The van der Waals surface area contributed by atoms with Crippen LogP contribution in [0.3, 0.4) is 0 Å². The Morgan fingerprint density at radius 3 is 2.55 bits per heavy atom. The summed E-state index contributed by atoms with van der Waals surface area (Å²) in [5, 5.41) is 7.31. The summed E-state index contributed by atoms with van der Waals surface area (Å²) in [5.41, 5.74) is 4.69. The molecule has 1 aliphatic heterocycles. The van der Waals surface area contributed by atoms with Crippen molar-refractivity contribution in [2.24, 2.45) is 0 Å². The Bertz CT molecular complexity index is 1690. The first kappa shape index (κ1) is 11.6. The molecule has 5 aromatic rings. The van der Waals surface area contributed by atoms with E-state index in [9.17, 15) is 0 Å². The first-order chi connectivity index (χ1) is 18.3. The molecule has 0 bridgehead atoms. The van der Waals surface area contributed by atoms with Crippen molar-refractivity contribution >= 4 is 22.2 Å². The molecule has 2 aromatic carbocycles. The maximum absolute atomic E-state index is 8.31. The molecule has 3 aromatic heterocycles. The van der Waals surface area contributed by atoms with Gasteiger partial charge >= 0.3 is 0 Å². The van der Waals surface area contributed by atoms with Gasteiger partial charge in [0.25, 0.3) is 0 Å². The number of pyridine rings is 1. The molecule has 1 aliphatic rings. The van der Waals surface area contributed by atoms with Crippen LogP contribution in [0.1, 0.15) is 11.0 Å². The number of piperazine rings is 1. The Morgan fingerprint density at radius 1 is 0.839 bits per heavy atom. The van der Waals surface area contributed by atoms with Crippen molar-refractivity contribution in [3.63, 3.8) is 0 Å². The lowest BCUT2D eigenvalue weighted by atomic mass is 10.0. The summed E-state index contributed by atoms with van der Waals surface area (Å²) in [6.45, 7) is -11.5. The normalized spacial score (nSPS) is 24.7. The molecule has 4 heterocycles. The number of aromatic nitrogens is 4. The second-order valence-corrected chi connectivity index (χ2v) is 7.03. The Labute approximate surface area is 191 Å². The van der Waals surface area contributed by atoms with E-state index in [1.807, 2.05) is 35.6 Å². The second kappa shape index (κ2) is 7.49. The van der Waals surface area contributed by atoms with Gasteiger partial charge in [0.15, 0.2) is 5.65 Å². The van der Waals surface area contributed by atoms with Crippen LogP contribution < -0.4 is 10.2 Å². The highest BCUT2D eigenvalue weighted by Gasteiger charge is 2.13. The minimum atomic E-state index is -2.90. The van der Waals surface area contributed by atoms with Crippen molar-refractivity contribution in [2.75, 3.05) is 30.9 Å². The van der Waals surface area contributed by atoms with Gasteiger partial charge in [0.1, 0.15) is 0 Å². The number of hydrogen-bond acceptors (Lipinski definition) is 5. The number of nitrogens with one attached hydrogen (secondary N) is 1. The lowest BCUT2D eigenvalue weighted by molar-refractivity contribution is 0.589. The van der Waals surface area contributed by atoms with E-state index in [-0.39, 0.29) is 5.69 Å². The Balaban J connectivity index is 1.37. The number of benzene rings is 2. The van der Waals surface area contributed by atoms with Gasteiger partial charge in [0.2, 0.25) is 0 Å². The Hall–Kier alpha value is -3.77. The van der Waals surface area contributed by atoms with E-state index in [1.165, 1.54) is 12.1 Å². The predicted octanol–water partition coefficient (Wildman–Crippen LogP) is 4.02. The molecule has 0 saturated carbocycles. The zero-order valence-corrected chi connectivity index (χ0v) is 16.2. The first-order valence-electron chi connectivity index (χ1n) is 13.7. The molecule has 1 N–H and O–H groups in total. The van der Waals surface area contributed by atoms with E-state index in [2.05, 4.69) is 15.1 Å². The lowest BCUT2D eigenvalue weighted by Crippen LogP contribution is -2.43. The van der Waals surface area contributed by atoms with Crippen LogP contribution in [0.15, 0.2) is 79.4 Å². The van der Waals surface area contributed by atoms with Crippen LogP contribution >= 0.6 is 0 Å². The number of fused-ring (bicyclic) bond motifs is 2. The van der Waals surface area contributed by atoms with Gasteiger partial charge < -0.3 is 10.2 Å². The average molecular weight is 415 g/mol. The smallest absolute Gasteiger partial charge is 0.162 e. The molecule has 1 saturated heterocycles. The molecule has 0 spiro atoms. The fraction of sp³-hybridized carbons (Fsp3) is 0.160. The van der Waals surface area contributed by atoms with Crippen LogP contribution in [0.4, 0.5) is 5.69 Å².